The summed E-state index contributed by atoms with van der Waals surface area (Å²) in [5.74, 6) is -0.942. The topological polar surface area (TPSA) is 141 Å². The van der Waals surface area contributed by atoms with Crippen molar-refractivity contribution >= 4 is 38.8 Å². The van der Waals surface area contributed by atoms with Crippen LogP contribution in [-0.4, -0.2) is 63.6 Å². The normalized spacial score (nSPS) is 14.3. The van der Waals surface area contributed by atoms with E-state index in [9.17, 15) is 22.8 Å². The number of alkyl carbamates (subject to hydrolysis) is 1. The summed E-state index contributed by atoms with van der Waals surface area (Å²) in [5, 5.41) is 7.29. The standard InChI is InChI=1S/C28H27N5O6S/c1-28(2,3)31-27(36)39-20(17-32-25(34)22-11-7-8-12-23(22)26(32)35)14-19-13-18-15-30-33(24(18)16-29-19)40(37,38)21-9-5-4-6-10-21/h4-13,15-16,20H,14,17H2,1-3H3,(H,31,36)/t20-/m0/s1. The summed E-state index contributed by atoms with van der Waals surface area (Å²) < 4.78 is 32.8. The largest absolute Gasteiger partial charge is 0.444 e. The molecule has 0 radical (unpaired) electrons. The second-order valence-corrected chi connectivity index (χ2v) is 12.2. The molecule has 0 aliphatic carbocycles. The van der Waals surface area contributed by atoms with Gasteiger partial charge in [0.25, 0.3) is 21.8 Å². The van der Waals surface area contributed by atoms with Crippen LogP contribution >= 0.6 is 0 Å². The number of ether oxygens (including phenoxy) is 1. The average Bonchev–Trinajstić information content (AvgIpc) is 3.43. The van der Waals surface area contributed by atoms with Gasteiger partial charge in [-0.05, 0) is 51.1 Å². The highest BCUT2D eigenvalue weighted by atomic mass is 32.2. The lowest BCUT2D eigenvalue weighted by atomic mass is 10.1. The van der Waals surface area contributed by atoms with E-state index in [4.69, 9.17) is 4.74 Å². The van der Waals surface area contributed by atoms with Gasteiger partial charge in [0, 0.05) is 23.0 Å². The third-order valence-corrected chi connectivity index (χ3v) is 7.81. The Labute approximate surface area is 230 Å². The van der Waals surface area contributed by atoms with Gasteiger partial charge in [-0.25, -0.2) is 4.79 Å². The van der Waals surface area contributed by atoms with E-state index in [2.05, 4.69) is 15.4 Å². The Morgan fingerprint density at radius 2 is 1.60 bits per heavy atom. The molecular weight excluding hydrogens is 534 g/mol. The summed E-state index contributed by atoms with van der Waals surface area (Å²) in [6.07, 6.45) is 1.20. The number of nitrogens with zero attached hydrogens (tertiary/aromatic N) is 4. The number of pyridine rings is 1. The molecule has 12 heteroatoms. The number of hydrogen-bond donors (Lipinski definition) is 1. The predicted molar refractivity (Wildman–Crippen MR) is 145 cm³/mol. The van der Waals surface area contributed by atoms with Gasteiger partial charge in [0.05, 0.1) is 35.0 Å². The smallest absolute Gasteiger partial charge is 0.407 e. The number of imide groups is 1. The van der Waals surface area contributed by atoms with Crippen molar-refractivity contribution in [3.8, 4) is 0 Å². The number of nitrogens with one attached hydrogen (secondary N) is 1. The maximum Gasteiger partial charge on any atom is 0.407 e. The van der Waals surface area contributed by atoms with Crippen molar-refractivity contribution < 1.29 is 27.5 Å². The molecule has 2 aromatic carbocycles. The van der Waals surface area contributed by atoms with Crippen LogP contribution in [0.4, 0.5) is 4.79 Å². The summed E-state index contributed by atoms with van der Waals surface area (Å²) in [7, 11) is -3.94. The van der Waals surface area contributed by atoms with Gasteiger partial charge >= 0.3 is 6.09 Å². The second kappa shape index (κ2) is 10.2. The van der Waals surface area contributed by atoms with Crippen molar-refractivity contribution in [3.05, 3.63) is 89.9 Å². The minimum absolute atomic E-state index is 0.0531. The number of carbonyl (C=O) groups is 3. The lowest BCUT2D eigenvalue weighted by Gasteiger charge is -2.26. The maximum absolute atomic E-state index is 13.1. The minimum atomic E-state index is -3.94. The lowest BCUT2D eigenvalue weighted by molar-refractivity contribution is 0.0455. The Morgan fingerprint density at radius 3 is 2.23 bits per heavy atom. The number of amides is 3. The summed E-state index contributed by atoms with van der Waals surface area (Å²) in [6, 6.07) is 16.1. The fraction of sp³-hybridized carbons (Fsp3) is 0.250. The zero-order chi connectivity index (χ0) is 28.7. The first-order valence-corrected chi connectivity index (χ1v) is 14.0. The maximum atomic E-state index is 13.1. The van der Waals surface area contributed by atoms with Crippen LogP contribution in [0.3, 0.4) is 0 Å². The van der Waals surface area contributed by atoms with E-state index < -0.39 is 39.6 Å². The first-order valence-electron chi connectivity index (χ1n) is 12.5. The quantitative estimate of drug-likeness (QED) is 0.339. The summed E-state index contributed by atoms with van der Waals surface area (Å²) in [6.45, 7) is 5.20. The monoisotopic (exact) mass is 561 g/mol. The third-order valence-electron chi connectivity index (χ3n) is 6.20. The Bertz CT molecular complexity index is 1690. The molecule has 3 heterocycles. The van der Waals surface area contributed by atoms with Gasteiger partial charge in [-0.2, -0.15) is 17.6 Å². The molecule has 0 saturated heterocycles. The van der Waals surface area contributed by atoms with Crippen molar-refractivity contribution in [2.75, 3.05) is 6.54 Å². The van der Waals surface area contributed by atoms with Crippen LogP contribution in [0.2, 0.25) is 0 Å². The number of aromatic nitrogens is 3. The van der Waals surface area contributed by atoms with E-state index in [0.29, 0.717) is 11.1 Å². The molecule has 0 saturated carbocycles. The molecule has 1 aliphatic heterocycles. The Kier molecular flexibility index (Phi) is 6.88. The fourth-order valence-electron chi connectivity index (χ4n) is 4.42. The van der Waals surface area contributed by atoms with E-state index in [1.165, 1.54) is 24.5 Å². The van der Waals surface area contributed by atoms with E-state index >= 15 is 0 Å². The first-order chi connectivity index (χ1) is 18.9. The van der Waals surface area contributed by atoms with Crippen molar-refractivity contribution in [1.82, 2.24) is 24.4 Å². The summed E-state index contributed by atoms with van der Waals surface area (Å²) >= 11 is 0. The third kappa shape index (κ3) is 5.30. The molecule has 11 nitrogen and oxygen atoms in total. The molecule has 1 aliphatic rings. The second-order valence-electron chi connectivity index (χ2n) is 10.4. The van der Waals surface area contributed by atoms with Crippen LogP contribution < -0.4 is 5.32 Å². The molecule has 40 heavy (non-hydrogen) atoms. The Morgan fingerprint density at radius 1 is 0.975 bits per heavy atom. The van der Waals surface area contributed by atoms with Crippen molar-refractivity contribution in [2.45, 2.75) is 43.7 Å². The molecule has 1 atom stereocenters. The van der Waals surface area contributed by atoms with E-state index in [0.717, 1.165) is 8.99 Å². The van der Waals surface area contributed by atoms with Crippen LogP contribution in [0.15, 0.2) is 78.0 Å². The molecule has 5 rings (SSSR count). The number of hydrogen-bond acceptors (Lipinski definition) is 8. The van der Waals surface area contributed by atoms with E-state index in [1.807, 2.05) is 0 Å². The Balaban J connectivity index is 1.42. The van der Waals surface area contributed by atoms with Crippen molar-refractivity contribution in [1.29, 1.82) is 0 Å². The number of benzene rings is 2. The van der Waals surface area contributed by atoms with Gasteiger partial charge in [0.15, 0.2) is 0 Å². The molecule has 1 N–H and O–H groups in total. The number of carbonyl (C=O) groups excluding carboxylic acids is 3. The fourth-order valence-corrected chi connectivity index (χ4v) is 5.70. The highest BCUT2D eigenvalue weighted by Gasteiger charge is 2.37. The van der Waals surface area contributed by atoms with Gasteiger partial charge in [0.1, 0.15) is 11.6 Å². The lowest BCUT2D eigenvalue weighted by Crippen LogP contribution is -2.45. The van der Waals surface area contributed by atoms with Gasteiger partial charge in [-0.15, -0.1) is 0 Å². The average molecular weight is 562 g/mol. The SMILES string of the molecule is CC(C)(C)NC(=O)O[C@@H](Cc1cc2cnn(S(=O)(=O)c3ccccc3)c2cn1)CN1C(=O)c2ccccc2C1=O. The molecule has 206 valence electrons. The molecule has 0 bridgehead atoms. The van der Waals surface area contributed by atoms with Crippen molar-refractivity contribution in [3.63, 3.8) is 0 Å². The number of fused-ring (bicyclic) bond motifs is 2. The number of rotatable bonds is 7. The molecule has 3 amide bonds. The van der Waals surface area contributed by atoms with Crippen LogP contribution in [0.25, 0.3) is 10.9 Å². The minimum Gasteiger partial charge on any atom is -0.444 e. The van der Waals surface area contributed by atoms with Gasteiger partial charge in [-0.1, -0.05) is 30.3 Å². The summed E-state index contributed by atoms with van der Waals surface area (Å²) in [4.78, 5) is 44.1. The zero-order valence-corrected chi connectivity index (χ0v) is 22.9. The van der Waals surface area contributed by atoms with Crippen LogP contribution in [0, 0.1) is 0 Å². The zero-order valence-electron chi connectivity index (χ0n) is 22.1. The van der Waals surface area contributed by atoms with Crippen LogP contribution in [0.5, 0.6) is 0 Å². The van der Waals surface area contributed by atoms with Gasteiger partial charge in [0.2, 0.25) is 0 Å². The van der Waals surface area contributed by atoms with Crippen LogP contribution in [0.1, 0.15) is 47.2 Å². The van der Waals surface area contributed by atoms with E-state index in [-0.39, 0.29) is 34.5 Å². The van der Waals surface area contributed by atoms with E-state index in [1.54, 1.807) is 69.3 Å². The predicted octanol–water partition coefficient (Wildman–Crippen LogP) is 3.40. The molecule has 4 aromatic rings. The van der Waals surface area contributed by atoms with Gasteiger partial charge in [-0.3, -0.25) is 19.5 Å². The highest BCUT2D eigenvalue weighted by molar-refractivity contribution is 7.90. The molecule has 2 aromatic heterocycles. The van der Waals surface area contributed by atoms with Gasteiger partial charge < -0.3 is 10.1 Å². The summed E-state index contributed by atoms with van der Waals surface area (Å²) in [5.41, 5.74) is 0.729. The van der Waals surface area contributed by atoms with Crippen molar-refractivity contribution in [2.24, 2.45) is 0 Å². The first kappa shape index (κ1) is 27.0. The molecule has 0 fully saturated rings. The molecule has 0 spiro atoms. The molecular formula is C28H27N5O6S. The molecule has 0 unspecified atom stereocenters. The Hall–Kier alpha value is -4.58. The highest BCUT2D eigenvalue weighted by Crippen LogP contribution is 2.25. The van der Waals surface area contributed by atoms with Crippen LogP contribution in [-0.2, 0) is 21.2 Å².